The van der Waals surface area contributed by atoms with E-state index in [0.717, 1.165) is 5.56 Å². The number of carboxylic acid groups (broad SMARTS) is 1. The first kappa shape index (κ1) is 13.7. The lowest BCUT2D eigenvalue weighted by Gasteiger charge is -2.19. The molecule has 1 aromatic carbocycles. The molecule has 0 spiro atoms. The Kier molecular flexibility index (Phi) is 3.66. The van der Waals surface area contributed by atoms with Crippen LogP contribution in [0, 0.1) is 0 Å². The highest BCUT2D eigenvalue weighted by molar-refractivity contribution is 6.31. The third-order valence-electron chi connectivity index (χ3n) is 2.96. The van der Waals surface area contributed by atoms with Crippen LogP contribution in [-0.4, -0.2) is 34.2 Å². The van der Waals surface area contributed by atoms with Gasteiger partial charge in [-0.1, -0.05) is 29.8 Å². The van der Waals surface area contributed by atoms with Crippen molar-refractivity contribution in [2.24, 2.45) is 0 Å². The molecule has 19 heavy (non-hydrogen) atoms. The van der Waals surface area contributed by atoms with Gasteiger partial charge in [-0.3, -0.25) is 9.69 Å². The minimum atomic E-state index is -0.991. The molecule has 2 rings (SSSR count). The number of benzene rings is 1. The van der Waals surface area contributed by atoms with Crippen LogP contribution >= 0.6 is 11.6 Å². The Bertz CT molecular complexity index is 519. The van der Waals surface area contributed by atoms with E-state index in [9.17, 15) is 9.59 Å². The highest BCUT2D eigenvalue weighted by Gasteiger charge is 2.42. The molecule has 1 aromatic rings. The van der Waals surface area contributed by atoms with E-state index in [1.165, 1.54) is 4.90 Å². The van der Waals surface area contributed by atoms with Crippen LogP contribution in [0.4, 0.5) is 4.79 Å². The van der Waals surface area contributed by atoms with Gasteiger partial charge in [0.1, 0.15) is 5.60 Å². The highest BCUT2D eigenvalue weighted by atomic mass is 35.5. The van der Waals surface area contributed by atoms with Crippen LogP contribution in [0.25, 0.3) is 0 Å². The predicted molar refractivity (Wildman–Crippen MR) is 69.0 cm³/mol. The first-order valence-corrected chi connectivity index (χ1v) is 6.20. The van der Waals surface area contributed by atoms with Crippen molar-refractivity contribution in [1.29, 1.82) is 0 Å². The fourth-order valence-corrected chi connectivity index (χ4v) is 2.34. The van der Waals surface area contributed by atoms with Crippen molar-refractivity contribution < 1.29 is 19.4 Å². The largest absolute Gasteiger partial charge is 0.481 e. The van der Waals surface area contributed by atoms with Crippen molar-refractivity contribution in [2.45, 2.75) is 25.5 Å². The summed E-state index contributed by atoms with van der Waals surface area (Å²) in [6, 6.07) is 7.21. The van der Waals surface area contributed by atoms with Crippen molar-refractivity contribution >= 4 is 23.7 Å². The van der Waals surface area contributed by atoms with Crippen molar-refractivity contribution in [3.63, 3.8) is 0 Å². The van der Waals surface area contributed by atoms with Crippen LogP contribution in [0.1, 0.15) is 18.9 Å². The van der Waals surface area contributed by atoms with Gasteiger partial charge < -0.3 is 9.84 Å². The zero-order chi connectivity index (χ0) is 14.0. The average Bonchev–Trinajstić information content (AvgIpc) is 2.55. The average molecular weight is 284 g/mol. The van der Waals surface area contributed by atoms with Crippen molar-refractivity contribution in [1.82, 2.24) is 4.90 Å². The maximum Gasteiger partial charge on any atom is 0.410 e. The molecule has 1 atom stereocenters. The maximum atomic E-state index is 11.8. The third-order valence-corrected chi connectivity index (χ3v) is 3.33. The molecule has 1 amide bonds. The number of ether oxygens (including phenoxy) is 1. The lowest BCUT2D eigenvalue weighted by atomic mass is 10.0. The van der Waals surface area contributed by atoms with E-state index in [1.54, 1.807) is 13.0 Å². The topological polar surface area (TPSA) is 66.8 Å². The molecule has 0 aliphatic carbocycles. The van der Waals surface area contributed by atoms with E-state index >= 15 is 0 Å². The van der Waals surface area contributed by atoms with Crippen molar-refractivity contribution in [3.8, 4) is 0 Å². The van der Waals surface area contributed by atoms with Gasteiger partial charge in [-0.05, 0) is 18.6 Å². The van der Waals surface area contributed by atoms with E-state index in [4.69, 9.17) is 21.4 Å². The third kappa shape index (κ3) is 3.17. The lowest BCUT2D eigenvalue weighted by Crippen LogP contribution is -2.33. The molecule has 102 valence electrons. The van der Waals surface area contributed by atoms with E-state index in [-0.39, 0.29) is 13.0 Å². The van der Waals surface area contributed by atoms with Gasteiger partial charge in [-0.15, -0.1) is 0 Å². The second-order valence-corrected chi connectivity index (χ2v) is 5.24. The number of aliphatic carboxylic acids is 1. The number of cyclic esters (lactones) is 1. The highest BCUT2D eigenvalue weighted by Crippen LogP contribution is 2.28. The minimum Gasteiger partial charge on any atom is -0.481 e. The van der Waals surface area contributed by atoms with Gasteiger partial charge in [-0.2, -0.15) is 0 Å². The second-order valence-electron chi connectivity index (χ2n) is 4.84. The Balaban J connectivity index is 2.09. The van der Waals surface area contributed by atoms with Crippen LogP contribution in [-0.2, 0) is 16.1 Å². The van der Waals surface area contributed by atoms with Gasteiger partial charge >= 0.3 is 12.1 Å². The SMILES string of the molecule is CC1(CC(=O)O)CN(Cc2ccccc2Cl)C(=O)O1. The second kappa shape index (κ2) is 5.09. The maximum absolute atomic E-state index is 11.8. The molecule has 5 nitrogen and oxygen atoms in total. The van der Waals surface area contributed by atoms with Crippen LogP contribution in [0.3, 0.4) is 0 Å². The Morgan fingerprint density at radius 3 is 2.84 bits per heavy atom. The molecule has 1 aliphatic rings. The van der Waals surface area contributed by atoms with Crippen LogP contribution in [0.15, 0.2) is 24.3 Å². The van der Waals surface area contributed by atoms with E-state index < -0.39 is 17.7 Å². The van der Waals surface area contributed by atoms with Gasteiger partial charge in [0.2, 0.25) is 0 Å². The quantitative estimate of drug-likeness (QED) is 0.922. The lowest BCUT2D eigenvalue weighted by molar-refractivity contribution is -0.140. The number of hydrogen-bond donors (Lipinski definition) is 1. The number of nitrogens with zero attached hydrogens (tertiary/aromatic N) is 1. The smallest absolute Gasteiger partial charge is 0.410 e. The molecular formula is C13H14ClNO4. The molecule has 1 fully saturated rings. The zero-order valence-electron chi connectivity index (χ0n) is 10.4. The summed E-state index contributed by atoms with van der Waals surface area (Å²) in [5.74, 6) is -0.991. The molecule has 0 saturated carbocycles. The minimum absolute atomic E-state index is 0.211. The number of halogens is 1. The van der Waals surface area contributed by atoms with Gasteiger partial charge in [-0.25, -0.2) is 4.79 Å². The Morgan fingerprint density at radius 1 is 1.53 bits per heavy atom. The van der Waals surface area contributed by atoms with Crippen LogP contribution in [0.2, 0.25) is 5.02 Å². The first-order chi connectivity index (χ1) is 8.89. The normalized spacial score (nSPS) is 22.4. The molecule has 0 radical (unpaired) electrons. The number of carbonyl (C=O) groups excluding carboxylic acids is 1. The van der Waals surface area contributed by atoms with E-state index in [0.29, 0.717) is 11.6 Å². The summed E-state index contributed by atoms with van der Waals surface area (Å²) in [6.07, 6.45) is -0.721. The summed E-state index contributed by atoms with van der Waals surface area (Å²) in [5.41, 5.74) is -0.176. The van der Waals surface area contributed by atoms with Crippen LogP contribution in [0.5, 0.6) is 0 Å². The fourth-order valence-electron chi connectivity index (χ4n) is 2.14. The van der Waals surface area contributed by atoms with Gasteiger partial charge in [0.05, 0.1) is 19.5 Å². The summed E-state index contributed by atoms with van der Waals surface area (Å²) in [4.78, 5) is 24.0. The Hall–Kier alpha value is -1.75. The van der Waals surface area contributed by atoms with Gasteiger partial charge in [0.15, 0.2) is 0 Å². The Labute approximate surface area is 115 Å². The summed E-state index contributed by atoms with van der Waals surface area (Å²) in [5, 5.41) is 9.39. The molecule has 0 aromatic heterocycles. The molecule has 1 saturated heterocycles. The molecular weight excluding hydrogens is 270 g/mol. The van der Waals surface area contributed by atoms with E-state index in [2.05, 4.69) is 0 Å². The zero-order valence-corrected chi connectivity index (χ0v) is 11.2. The van der Waals surface area contributed by atoms with Crippen molar-refractivity contribution in [3.05, 3.63) is 34.9 Å². The monoisotopic (exact) mass is 283 g/mol. The molecule has 1 aliphatic heterocycles. The van der Waals surface area contributed by atoms with Gasteiger partial charge in [0.25, 0.3) is 0 Å². The molecule has 1 heterocycles. The number of rotatable bonds is 4. The standard InChI is InChI=1S/C13H14ClNO4/c1-13(6-11(16)17)8-15(12(18)19-13)7-9-4-2-3-5-10(9)14/h2-5H,6-8H2,1H3,(H,16,17). The summed E-state index contributed by atoms with van der Waals surface area (Å²) in [7, 11) is 0. The number of carboxylic acids is 1. The summed E-state index contributed by atoms with van der Waals surface area (Å²) >= 11 is 6.03. The molecule has 0 bridgehead atoms. The summed E-state index contributed by atoms with van der Waals surface area (Å²) in [6.45, 7) is 2.17. The number of amides is 1. The first-order valence-electron chi connectivity index (χ1n) is 5.83. The number of hydrogen-bond acceptors (Lipinski definition) is 3. The Morgan fingerprint density at radius 2 is 2.21 bits per heavy atom. The van der Waals surface area contributed by atoms with E-state index in [1.807, 2.05) is 18.2 Å². The predicted octanol–water partition coefficient (Wildman–Crippen LogP) is 2.53. The van der Waals surface area contributed by atoms with Gasteiger partial charge in [0, 0.05) is 5.02 Å². The van der Waals surface area contributed by atoms with Crippen LogP contribution < -0.4 is 0 Å². The molecule has 1 unspecified atom stereocenters. The summed E-state index contributed by atoms with van der Waals surface area (Å²) < 4.78 is 5.15. The fraction of sp³-hybridized carbons (Fsp3) is 0.385. The van der Waals surface area contributed by atoms with Crippen molar-refractivity contribution in [2.75, 3.05) is 6.54 Å². The number of carbonyl (C=O) groups is 2. The molecule has 6 heteroatoms. The molecule has 1 N–H and O–H groups in total.